The van der Waals surface area contributed by atoms with Gasteiger partial charge in [0.1, 0.15) is 5.69 Å². The Labute approximate surface area is 176 Å². The van der Waals surface area contributed by atoms with Crippen molar-refractivity contribution >= 4 is 22.6 Å². The molecule has 0 spiro atoms. The largest absolute Gasteiger partial charge is 0.461 e. The van der Waals surface area contributed by atoms with Crippen LogP contribution in [-0.4, -0.2) is 55.1 Å². The van der Waals surface area contributed by atoms with Gasteiger partial charge in [0.2, 0.25) is 0 Å². The number of anilines is 1. The molecule has 1 aromatic carbocycles. The Kier molecular flexibility index (Phi) is 6.84. The van der Waals surface area contributed by atoms with Gasteiger partial charge in [-0.2, -0.15) is 0 Å². The van der Waals surface area contributed by atoms with Crippen molar-refractivity contribution in [1.82, 2.24) is 14.9 Å². The summed E-state index contributed by atoms with van der Waals surface area (Å²) >= 11 is 0. The van der Waals surface area contributed by atoms with Crippen molar-refractivity contribution in [2.24, 2.45) is 0 Å². The molecule has 2 aromatic heterocycles. The molecule has 0 bridgehead atoms. The molecule has 0 saturated carbocycles. The maximum absolute atomic E-state index is 13.4. The van der Waals surface area contributed by atoms with Gasteiger partial charge in [-0.25, -0.2) is 4.79 Å². The molecule has 0 atom stereocenters. The molecule has 2 heterocycles. The lowest BCUT2D eigenvalue weighted by molar-refractivity contribution is 0.0517. The first kappa shape index (κ1) is 21.5. The number of carbonyl (C=O) groups is 1. The predicted octanol–water partition coefficient (Wildman–Crippen LogP) is 2.84. The number of nitrogens with zero attached hydrogens (tertiary/aromatic N) is 3. The second-order valence-electron chi connectivity index (χ2n) is 7.50. The summed E-state index contributed by atoms with van der Waals surface area (Å²) in [6.07, 6.45) is 4.36. The highest BCUT2D eigenvalue weighted by atomic mass is 16.5. The Morgan fingerprint density at radius 1 is 1.13 bits per heavy atom. The Morgan fingerprint density at radius 3 is 2.53 bits per heavy atom. The van der Waals surface area contributed by atoms with Crippen LogP contribution in [0.4, 0.5) is 5.69 Å². The summed E-state index contributed by atoms with van der Waals surface area (Å²) in [6, 6.07) is 9.54. The Bertz CT molecular complexity index is 1080. The standard InChI is InChI=1S/C23H28N4O3/c1-5-30-23(29)21-19(15-27(4)13-10-16-8-11-24-12-9-16)22(28)18-14-17(26(2)3)6-7-20(18)25-21/h6-9,11-12,14H,5,10,13,15H2,1-4H3,(H,25,28). The van der Waals surface area contributed by atoms with E-state index in [1.165, 1.54) is 5.56 Å². The third-order valence-corrected chi connectivity index (χ3v) is 5.04. The van der Waals surface area contributed by atoms with Crippen molar-refractivity contribution in [2.45, 2.75) is 19.9 Å². The van der Waals surface area contributed by atoms with E-state index in [-0.39, 0.29) is 17.7 Å². The van der Waals surface area contributed by atoms with Crippen LogP contribution in [0.5, 0.6) is 0 Å². The number of nitrogens with one attached hydrogen (secondary N) is 1. The van der Waals surface area contributed by atoms with Gasteiger partial charge in [-0.3, -0.25) is 9.78 Å². The molecule has 1 N–H and O–H groups in total. The lowest BCUT2D eigenvalue weighted by Gasteiger charge is -2.19. The van der Waals surface area contributed by atoms with Crippen molar-refractivity contribution in [2.75, 3.05) is 39.2 Å². The number of H-pyrrole nitrogens is 1. The first-order valence-corrected chi connectivity index (χ1v) is 10.0. The maximum atomic E-state index is 13.4. The van der Waals surface area contributed by atoms with Gasteiger partial charge in [0.25, 0.3) is 0 Å². The van der Waals surface area contributed by atoms with E-state index in [1.54, 1.807) is 19.3 Å². The average Bonchev–Trinajstić information content (AvgIpc) is 2.74. The molecule has 0 unspecified atom stereocenters. The number of carbonyl (C=O) groups excluding carboxylic acids is 1. The summed E-state index contributed by atoms with van der Waals surface area (Å²) in [4.78, 5) is 37.1. The van der Waals surface area contributed by atoms with E-state index in [1.807, 2.05) is 61.3 Å². The van der Waals surface area contributed by atoms with Crippen LogP contribution in [0, 0.1) is 0 Å². The van der Waals surface area contributed by atoms with E-state index in [0.29, 0.717) is 23.0 Å². The molecule has 158 valence electrons. The monoisotopic (exact) mass is 408 g/mol. The van der Waals surface area contributed by atoms with Crippen LogP contribution < -0.4 is 10.3 Å². The Balaban J connectivity index is 1.96. The van der Waals surface area contributed by atoms with Crippen LogP contribution in [0.1, 0.15) is 28.5 Å². The van der Waals surface area contributed by atoms with E-state index < -0.39 is 5.97 Å². The number of hydrogen-bond acceptors (Lipinski definition) is 6. The number of aromatic nitrogens is 2. The molecular formula is C23H28N4O3. The summed E-state index contributed by atoms with van der Waals surface area (Å²) in [5, 5.41) is 0.562. The number of hydrogen-bond donors (Lipinski definition) is 1. The molecule has 7 heteroatoms. The zero-order chi connectivity index (χ0) is 21.7. The second-order valence-corrected chi connectivity index (χ2v) is 7.50. The smallest absolute Gasteiger partial charge is 0.355 e. The van der Waals surface area contributed by atoms with Gasteiger partial charge in [0, 0.05) is 56.2 Å². The van der Waals surface area contributed by atoms with E-state index in [9.17, 15) is 9.59 Å². The molecule has 0 amide bonds. The van der Waals surface area contributed by atoms with E-state index >= 15 is 0 Å². The van der Waals surface area contributed by atoms with Gasteiger partial charge in [0.15, 0.2) is 5.43 Å². The molecule has 0 aliphatic carbocycles. The zero-order valence-electron chi connectivity index (χ0n) is 17.9. The minimum Gasteiger partial charge on any atom is -0.461 e. The minimum atomic E-state index is -0.509. The fourth-order valence-electron chi connectivity index (χ4n) is 3.34. The van der Waals surface area contributed by atoms with E-state index in [0.717, 1.165) is 18.7 Å². The zero-order valence-corrected chi connectivity index (χ0v) is 17.9. The molecule has 0 aliphatic rings. The number of pyridine rings is 2. The number of esters is 1. The van der Waals surface area contributed by atoms with Gasteiger partial charge in [-0.05, 0) is 56.3 Å². The normalized spacial score (nSPS) is 11.1. The van der Waals surface area contributed by atoms with E-state index in [2.05, 4.69) is 9.97 Å². The summed E-state index contributed by atoms with van der Waals surface area (Å²) in [5.74, 6) is -0.509. The highest BCUT2D eigenvalue weighted by Crippen LogP contribution is 2.20. The first-order chi connectivity index (χ1) is 14.4. The van der Waals surface area contributed by atoms with E-state index in [4.69, 9.17) is 4.74 Å². The molecule has 0 aliphatic heterocycles. The van der Waals surface area contributed by atoms with Gasteiger partial charge in [-0.1, -0.05) is 0 Å². The number of ether oxygens (including phenoxy) is 1. The topological polar surface area (TPSA) is 78.5 Å². The third-order valence-electron chi connectivity index (χ3n) is 5.04. The van der Waals surface area contributed by atoms with Crippen LogP contribution in [0.3, 0.4) is 0 Å². The van der Waals surface area contributed by atoms with Gasteiger partial charge >= 0.3 is 5.97 Å². The van der Waals surface area contributed by atoms with Gasteiger partial charge in [0.05, 0.1) is 12.1 Å². The number of rotatable bonds is 8. The van der Waals surface area contributed by atoms with Crippen molar-refractivity contribution in [3.8, 4) is 0 Å². The molecule has 0 fully saturated rings. The van der Waals surface area contributed by atoms with Crippen LogP contribution in [-0.2, 0) is 17.7 Å². The summed E-state index contributed by atoms with van der Waals surface area (Å²) in [5.41, 5.74) is 3.22. The van der Waals surface area contributed by atoms with Crippen molar-refractivity contribution in [1.29, 1.82) is 0 Å². The average molecular weight is 409 g/mol. The molecule has 0 radical (unpaired) electrons. The third kappa shape index (κ3) is 4.86. The minimum absolute atomic E-state index is 0.147. The molecular weight excluding hydrogens is 380 g/mol. The number of aromatic amines is 1. The molecule has 0 saturated heterocycles. The van der Waals surface area contributed by atoms with Gasteiger partial charge < -0.3 is 19.5 Å². The second kappa shape index (κ2) is 9.54. The molecule has 3 rings (SSSR count). The van der Waals surface area contributed by atoms with Crippen LogP contribution >= 0.6 is 0 Å². The fourth-order valence-corrected chi connectivity index (χ4v) is 3.34. The number of likely N-dealkylation sites (N-methyl/N-ethyl adjacent to an activating group) is 1. The highest BCUT2D eigenvalue weighted by Gasteiger charge is 2.20. The molecule has 7 nitrogen and oxygen atoms in total. The van der Waals surface area contributed by atoms with Crippen molar-refractivity contribution in [3.05, 3.63) is 69.8 Å². The van der Waals surface area contributed by atoms with Crippen LogP contribution in [0.25, 0.3) is 10.9 Å². The number of fused-ring (bicyclic) bond motifs is 1. The maximum Gasteiger partial charge on any atom is 0.355 e. The van der Waals surface area contributed by atoms with Gasteiger partial charge in [-0.15, -0.1) is 0 Å². The predicted molar refractivity (Wildman–Crippen MR) is 119 cm³/mol. The quantitative estimate of drug-likeness (QED) is 0.578. The fraction of sp³-hybridized carbons (Fsp3) is 0.348. The lowest BCUT2D eigenvalue weighted by atomic mass is 10.1. The summed E-state index contributed by atoms with van der Waals surface area (Å²) in [7, 11) is 5.79. The van der Waals surface area contributed by atoms with Crippen LogP contribution in [0.15, 0.2) is 47.5 Å². The molecule has 3 aromatic rings. The lowest BCUT2D eigenvalue weighted by Crippen LogP contribution is -2.28. The first-order valence-electron chi connectivity index (χ1n) is 10.0. The number of benzene rings is 1. The highest BCUT2D eigenvalue weighted by molar-refractivity contribution is 5.93. The Hall–Kier alpha value is -3.19. The van der Waals surface area contributed by atoms with Crippen LogP contribution in [0.2, 0.25) is 0 Å². The molecule has 30 heavy (non-hydrogen) atoms. The SMILES string of the molecule is CCOC(=O)c1[nH]c2ccc(N(C)C)cc2c(=O)c1CN(C)CCc1ccncc1. The summed E-state index contributed by atoms with van der Waals surface area (Å²) < 4.78 is 5.20. The van der Waals surface area contributed by atoms with Crippen molar-refractivity contribution in [3.63, 3.8) is 0 Å². The Morgan fingerprint density at radius 2 is 1.87 bits per heavy atom. The van der Waals surface area contributed by atoms with Crippen molar-refractivity contribution < 1.29 is 9.53 Å². The summed E-state index contributed by atoms with van der Waals surface area (Å²) in [6.45, 7) is 3.08.